The monoisotopic (exact) mass is 304 g/mol. The van der Waals surface area contributed by atoms with Gasteiger partial charge in [0.15, 0.2) is 0 Å². The number of alkyl halides is 1. The number of hydrogen-bond acceptors (Lipinski definition) is 1. The number of aliphatic hydroxyl groups is 1. The second-order valence-electron chi connectivity index (χ2n) is 3.94. The highest BCUT2D eigenvalue weighted by Gasteiger charge is 2.20. The fourth-order valence-corrected chi connectivity index (χ4v) is 1.94. The van der Waals surface area contributed by atoms with E-state index >= 15 is 0 Å². The summed E-state index contributed by atoms with van der Waals surface area (Å²) < 4.78 is 24.7. The van der Waals surface area contributed by atoms with Gasteiger partial charge in [-0.25, -0.2) is 0 Å². The number of aliphatic hydroxyl groups excluding tert-OH is 1. The smallest absolute Gasteiger partial charge is 0.270 e. The SMILES string of the molecule is CC(=C(F)F)[C@@H](Br)[C@H](O)CCc1ccccc1. The van der Waals surface area contributed by atoms with Crippen molar-refractivity contribution in [2.75, 3.05) is 0 Å². The third kappa shape index (κ3) is 4.56. The molecule has 0 spiro atoms. The lowest BCUT2D eigenvalue weighted by Crippen LogP contribution is -2.22. The van der Waals surface area contributed by atoms with Crippen molar-refractivity contribution in [3.8, 4) is 0 Å². The lowest BCUT2D eigenvalue weighted by Gasteiger charge is -2.17. The van der Waals surface area contributed by atoms with Crippen LogP contribution >= 0.6 is 15.9 Å². The van der Waals surface area contributed by atoms with E-state index in [4.69, 9.17) is 0 Å². The molecule has 0 amide bonds. The first-order valence-electron chi connectivity index (χ1n) is 5.40. The summed E-state index contributed by atoms with van der Waals surface area (Å²) in [5.74, 6) is 0. The fourth-order valence-electron chi connectivity index (χ4n) is 1.50. The molecule has 0 saturated carbocycles. The van der Waals surface area contributed by atoms with Gasteiger partial charge in [-0.15, -0.1) is 0 Å². The van der Waals surface area contributed by atoms with Crippen molar-refractivity contribution in [3.05, 3.63) is 47.5 Å². The minimum Gasteiger partial charge on any atom is -0.392 e. The molecule has 0 fully saturated rings. The number of aryl methyl sites for hydroxylation is 1. The van der Waals surface area contributed by atoms with Crippen molar-refractivity contribution < 1.29 is 13.9 Å². The molecule has 1 rings (SSSR count). The third-order valence-electron chi connectivity index (χ3n) is 2.62. The summed E-state index contributed by atoms with van der Waals surface area (Å²) in [5, 5.41) is 9.78. The van der Waals surface area contributed by atoms with Gasteiger partial charge in [-0.1, -0.05) is 46.3 Å². The molecular formula is C13H15BrF2O. The molecule has 17 heavy (non-hydrogen) atoms. The van der Waals surface area contributed by atoms with E-state index in [1.807, 2.05) is 30.3 Å². The van der Waals surface area contributed by atoms with Gasteiger partial charge in [-0.2, -0.15) is 8.78 Å². The molecule has 1 aromatic rings. The predicted molar refractivity (Wildman–Crippen MR) is 68.4 cm³/mol. The number of rotatable bonds is 5. The van der Waals surface area contributed by atoms with Gasteiger partial charge in [0, 0.05) is 5.57 Å². The van der Waals surface area contributed by atoms with Gasteiger partial charge in [0.25, 0.3) is 6.08 Å². The summed E-state index contributed by atoms with van der Waals surface area (Å²) >= 11 is 3.09. The van der Waals surface area contributed by atoms with E-state index in [-0.39, 0.29) is 5.57 Å². The zero-order chi connectivity index (χ0) is 12.8. The molecule has 0 aliphatic heterocycles. The van der Waals surface area contributed by atoms with Crippen molar-refractivity contribution in [3.63, 3.8) is 0 Å². The van der Waals surface area contributed by atoms with Crippen LogP contribution in [0.25, 0.3) is 0 Å². The summed E-state index contributed by atoms with van der Waals surface area (Å²) in [4.78, 5) is -0.684. The Hall–Kier alpha value is -0.740. The topological polar surface area (TPSA) is 20.2 Å². The van der Waals surface area contributed by atoms with Gasteiger partial charge in [-0.05, 0) is 25.3 Å². The maximum Gasteiger partial charge on any atom is 0.270 e. The van der Waals surface area contributed by atoms with Crippen LogP contribution in [0.15, 0.2) is 42.0 Å². The zero-order valence-electron chi connectivity index (χ0n) is 9.54. The van der Waals surface area contributed by atoms with Crippen molar-refractivity contribution in [1.82, 2.24) is 0 Å². The Morgan fingerprint density at radius 1 is 1.29 bits per heavy atom. The standard InChI is InChI=1S/C13H15BrF2O/c1-9(13(15)16)12(14)11(17)8-7-10-5-3-2-4-6-10/h2-6,11-12,17H,7-8H2,1H3/t11-,12-/m1/s1. The molecule has 0 unspecified atom stereocenters. The molecule has 0 aromatic heterocycles. The minimum absolute atomic E-state index is 0.106. The van der Waals surface area contributed by atoms with E-state index in [0.717, 1.165) is 5.56 Å². The molecule has 0 aliphatic rings. The average Bonchev–Trinajstić information content (AvgIpc) is 2.35. The number of hydrogen-bond donors (Lipinski definition) is 1. The molecule has 0 saturated heterocycles. The van der Waals surface area contributed by atoms with Gasteiger partial charge >= 0.3 is 0 Å². The number of halogens is 3. The quantitative estimate of drug-likeness (QED) is 0.818. The third-order valence-corrected chi connectivity index (χ3v) is 3.92. The first kappa shape index (κ1) is 14.3. The Morgan fingerprint density at radius 2 is 1.88 bits per heavy atom. The lowest BCUT2D eigenvalue weighted by molar-refractivity contribution is 0.170. The summed E-state index contributed by atoms with van der Waals surface area (Å²) in [6.45, 7) is 1.32. The van der Waals surface area contributed by atoms with E-state index in [0.29, 0.717) is 12.8 Å². The Morgan fingerprint density at radius 3 is 2.41 bits per heavy atom. The van der Waals surface area contributed by atoms with E-state index in [2.05, 4.69) is 15.9 Å². The Kier molecular flexibility index (Phi) is 5.78. The van der Waals surface area contributed by atoms with Crippen LogP contribution in [0.3, 0.4) is 0 Å². The minimum atomic E-state index is -1.73. The highest BCUT2D eigenvalue weighted by molar-refractivity contribution is 9.09. The molecule has 1 aromatic carbocycles. The van der Waals surface area contributed by atoms with Gasteiger partial charge in [0.05, 0.1) is 10.9 Å². The van der Waals surface area contributed by atoms with Gasteiger partial charge in [-0.3, -0.25) is 0 Å². The maximum absolute atomic E-state index is 12.3. The molecule has 0 heterocycles. The first-order chi connectivity index (χ1) is 8.02. The Labute approximate surface area is 108 Å². The van der Waals surface area contributed by atoms with E-state index in [1.165, 1.54) is 6.92 Å². The lowest BCUT2D eigenvalue weighted by atomic mass is 10.0. The molecule has 2 atom stereocenters. The molecule has 1 nitrogen and oxygen atoms in total. The molecule has 1 N–H and O–H groups in total. The van der Waals surface area contributed by atoms with E-state index < -0.39 is 17.0 Å². The van der Waals surface area contributed by atoms with Crippen molar-refractivity contribution in [1.29, 1.82) is 0 Å². The Bertz CT molecular complexity index is 374. The van der Waals surface area contributed by atoms with Crippen molar-refractivity contribution in [2.45, 2.75) is 30.7 Å². The Balaban J connectivity index is 2.50. The van der Waals surface area contributed by atoms with Crippen LogP contribution in [0.5, 0.6) is 0 Å². The fraction of sp³-hybridized carbons (Fsp3) is 0.385. The summed E-state index contributed by atoms with van der Waals surface area (Å²) in [6, 6.07) is 9.65. The largest absolute Gasteiger partial charge is 0.392 e. The van der Waals surface area contributed by atoms with Gasteiger partial charge < -0.3 is 5.11 Å². The van der Waals surface area contributed by atoms with Crippen LogP contribution < -0.4 is 0 Å². The second kappa shape index (κ2) is 6.87. The molecular weight excluding hydrogens is 290 g/mol. The molecule has 94 valence electrons. The zero-order valence-corrected chi connectivity index (χ0v) is 11.1. The maximum atomic E-state index is 12.3. The summed E-state index contributed by atoms with van der Waals surface area (Å²) in [6.07, 6.45) is -1.42. The normalized spacial score (nSPS) is 14.2. The van der Waals surface area contributed by atoms with Crippen LogP contribution in [0, 0.1) is 0 Å². The van der Waals surface area contributed by atoms with Crippen LogP contribution in [0.1, 0.15) is 18.9 Å². The highest BCUT2D eigenvalue weighted by Crippen LogP contribution is 2.23. The number of benzene rings is 1. The van der Waals surface area contributed by atoms with Gasteiger partial charge in [0.2, 0.25) is 0 Å². The van der Waals surface area contributed by atoms with E-state index in [1.54, 1.807) is 0 Å². The molecule has 0 radical (unpaired) electrons. The molecule has 0 aliphatic carbocycles. The van der Waals surface area contributed by atoms with Gasteiger partial charge in [0.1, 0.15) is 0 Å². The van der Waals surface area contributed by atoms with Crippen LogP contribution in [-0.2, 0) is 6.42 Å². The second-order valence-corrected chi connectivity index (χ2v) is 4.92. The molecule has 4 heteroatoms. The highest BCUT2D eigenvalue weighted by atomic mass is 79.9. The van der Waals surface area contributed by atoms with Crippen molar-refractivity contribution >= 4 is 15.9 Å². The first-order valence-corrected chi connectivity index (χ1v) is 6.31. The average molecular weight is 305 g/mol. The van der Waals surface area contributed by atoms with E-state index in [9.17, 15) is 13.9 Å². The summed E-state index contributed by atoms with van der Waals surface area (Å²) in [7, 11) is 0. The van der Waals surface area contributed by atoms with Crippen LogP contribution in [0.2, 0.25) is 0 Å². The molecule has 0 bridgehead atoms. The predicted octanol–water partition coefficient (Wildman–Crippen LogP) is 3.91. The van der Waals surface area contributed by atoms with Crippen LogP contribution in [-0.4, -0.2) is 16.0 Å². The summed E-state index contributed by atoms with van der Waals surface area (Å²) in [5.41, 5.74) is 0.985. The van der Waals surface area contributed by atoms with Crippen LogP contribution in [0.4, 0.5) is 8.78 Å². The van der Waals surface area contributed by atoms with Crippen molar-refractivity contribution in [2.24, 2.45) is 0 Å².